The molecule has 32 heavy (non-hydrogen) atoms. The standard InChI is InChI=1S/C28H54O4/c1-5-8-10-17-21-27(32-25(4)29)22-18-15-13-11-12-14-16-19-23-28(30)31-24-26(7-3)20-9-6-2/h26-27H,5-24H2,1-4H3. The third-order valence-corrected chi connectivity index (χ3v) is 6.39. The minimum Gasteiger partial charge on any atom is -0.465 e. The predicted octanol–water partition coefficient (Wildman–Crippen LogP) is 8.55. The number of hydrogen-bond donors (Lipinski definition) is 0. The van der Waals surface area contributed by atoms with Gasteiger partial charge in [0, 0.05) is 13.3 Å². The molecule has 0 N–H and O–H groups in total. The van der Waals surface area contributed by atoms with E-state index in [1.165, 1.54) is 77.6 Å². The lowest BCUT2D eigenvalue weighted by molar-refractivity contribution is -0.147. The van der Waals surface area contributed by atoms with Crippen molar-refractivity contribution in [1.29, 1.82) is 0 Å². The molecule has 0 bridgehead atoms. The second kappa shape index (κ2) is 23.1. The van der Waals surface area contributed by atoms with E-state index in [0.717, 1.165) is 44.9 Å². The third kappa shape index (κ3) is 20.8. The van der Waals surface area contributed by atoms with Crippen LogP contribution in [0.1, 0.15) is 150 Å². The minimum atomic E-state index is -0.143. The van der Waals surface area contributed by atoms with Crippen LogP contribution in [0.5, 0.6) is 0 Å². The normalized spacial score (nSPS) is 13.0. The fourth-order valence-electron chi connectivity index (χ4n) is 4.18. The summed E-state index contributed by atoms with van der Waals surface area (Å²) in [6, 6.07) is 0. The second-order valence-corrected chi connectivity index (χ2v) is 9.55. The summed E-state index contributed by atoms with van der Waals surface area (Å²) in [6.45, 7) is 8.73. The number of carbonyl (C=O) groups excluding carboxylic acids is 2. The third-order valence-electron chi connectivity index (χ3n) is 6.39. The van der Waals surface area contributed by atoms with E-state index in [4.69, 9.17) is 9.47 Å². The summed E-state index contributed by atoms with van der Waals surface area (Å²) in [6.07, 6.45) is 21.7. The van der Waals surface area contributed by atoms with Gasteiger partial charge in [-0.15, -0.1) is 0 Å². The highest BCUT2D eigenvalue weighted by Gasteiger charge is 2.12. The van der Waals surface area contributed by atoms with Crippen molar-refractivity contribution in [2.75, 3.05) is 6.61 Å². The first-order valence-electron chi connectivity index (χ1n) is 13.9. The molecule has 0 aromatic rings. The molecule has 0 heterocycles. The van der Waals surface area contributed by atoms with Crippen LogP contribution in [-0.2, 0) is 19.1 Å². The Hall–Kier alpha value is -1.06. The van der Waals surface area contributed by atoms with Crippen molar-refractivity contribution in [3.8, 4) is 0 Å². The SMILES string of the molecule is CCCCCCC(CCCCCCCCCCC(=O)OCC(CC)CCCC)OC(C)=O. The van der Waals surface area contributed by atoms with Crippen LogP contribution in [0, 0.1) is 5.92 Å². The summed E-state index contributed by atoms with van der Waals surface area (Å²) < 4.78 is 11.0. The molecule has 0 saturated heterocycles. The van der Waals surface area contributed by atoms with Crippen molar-refractivity contribution in [2.24, 2.45) is 5.92 Å². The molecule has 0 aromatic heterocycles. The first-order chi connectivity index (χ1) is 15.5. The Bertz CT molecular complexity index is 435. The van der Waals surface area contributed by atoms with E-state index >= 15 is 0 Å². The molecule has 4 nitrogen and oxygen atoms in total. The molecule has 190 valence electrons. The lowest BCUT2D eigenvalue weighted by Gasteiger charge is -2.17. The zero-order valence-corrected chi connectivity index (χ0v) is 21.9. The van der Waals surface area contributed by atoms with Crippen molar-refractivity contribution in [2.45, 2.75) is 156 Å². The van der Waals surface area contributed by atoms with E-state index in [1.54, 1.807) is 0 Å². The van der Waals surface area contributed by atoms with Gasteiger partial charge in [0.2, 0.25) is 0 Å². The van der Waals surface area contributed by atoms with Crippen molar-refractivity contribution < 1.29 is 19.1 Å². The fraction of sp³-hybridized carbons (Fsp3) is 0.929. The van der Waals surface area contributed by atoms with Gasteiger partial charge in [-0.1, -0.05) is 97.8 Å². The van der Waals surface area contributed by atoms with E-state index in [9.17, 15) is 9.59 Å². The summed E-state index contributed by atoms with van der Waals surface area (Å²) in [5.74, 6) is 0.372. The van der Waals surface area contributed by atoms with Crippen LogP contribution in [0.15, 0.2) is 0 Å². The number of esters is 2. The second-order valence-electron chi connectivity index (χ2n) is 9.55. The maximum atomic E-state index is 11.9. The van der Waals surface area contributed by atoms with Gasteiger partial charge in [0.05, 0.1) is 6.61 Å². The van der Waals surface area contributed by atoms with Gasteiger partial charge in [-0.05, 0) is 44.4 Å². The van der Waals surface area contributed by atoms with Crippen LogP contribution in [-0.4, -0.2) is 24.6 Å². The van der Waals surface area contributed by atoms with Gasteiger partial charge in [0.1, 0.15) is 6.10 Å². The van der Waals surface area contributed by atoms with Crippen molar-refractivity contribution in [1.82, 2.24) is 0 Å². The minimum absolute atomic E-state index is 0.0167. The Morgan fingerprint density at radius 1 is 0.656 bits per heavy atom. The molecular formula is C28H54O4. The van der Waals surface area contributed by atoms with Gasteiger partial charge in [-0.2, -0.15) is 0 Å². The van der Waals surface area contributed by atoms with E-state index in [-0.39, 0.29) is 18.0 Å². The number of rotatable bonds is 23. The number of ether oxygens (including phenoxy) is 2. The molecule has 2 atom stereocenters. The van der Waals surface area contributed by atoms with Crippen molar-refractivity contribution in [3.05, 3.63) is 0 Å². The number of carbonyl (C=O) groups is 2. The molecule has 2 unspecified atom stereocenters. The molecular weight excluding hydrogens is 400 g/mol. The van der Waals surface area contributed by atoms with Gasteiger partial charge >= 0.3 is 11.9 Å². The maximum Gasteiger partial charge on any atom is 0.305 e. The summed E-state index contributed by atoms with van der Waals surface area (Å²) in [4.78, 5) is 23.2. The van der Waals surface area contributed by atoms with Gasteiger partial charge < -0.3 is 9.47 Å². The number of hydrogen-bond acceptors (Lipinski definition) is 4. The van der Waals surface area contributed by atoms with Crippen LogP contribution in [0.2, 0.25) is 0 Å². The quantitative estimate of drug-likeness (QED) is 0.115. The molecule has 0 aliphatic rings. The van der Waals surface area contributed by atoms with Gasteiger partial charge in [0.15, 0.2) is 0 Å². The molecule has 0 rings (SSSR count). The molecule has 0 radical (unpaired) electrons. The van der Waals surface area contributed by atoms with Crippen LogP contribution >= 0.6 is 0 Å². The van der Waals surface area contributed by atoms with Gasteiger partial charge in [-0.25, -0.2) is 0 Å². The van der Waals surface area contributed by atoms with E-state index < -0.39 is 0 Å². The molecule has 0 fully saturated rings. The van der Waals surface area contributed by atoms with E-state index in [0.29, 0.717) is 18.9 Å². The Morgan fingerprint density at radius 3 is 1.72 bits per heavy atom. The Labute approximate surface area is 199 Å². The van der Waals surface area contributed by atoms with E-state index in [1.807, 2.05) is 0 Å². The molecule has 0 amide bonds. The highest BCUT2D eigenvalue weighted by molar-refractivity contribution is 5.69. The Balaban J connectivity index is 3.61. The zero-order chi connectivity index (χ0) is 23.9. The molecule has 0 spiro atoms. The monoisotopic (exact) mass is 454 g/mol. The summed E-state index contributed by atoms with van der Waals surface area (Å²) in [5.41, 5.74) is 0. The highest BCUT2D eigenvalue weighted by Crippen LogP contribution is 2.17. The highest BCUT2D eigenvalue weighted by atomic mass is 16.5. The topological polar surface area (TPSA) is 52.6 Å². The molecule has 0 aromatic carbocycles. The maximum absolute atomic E-state index is 11.9. The van der Waals surface area contributed by atoms with Crippen LogP contribution < -0.4 is 0 Å². The molecule has 4 heteroatoms. The summed E-state index contributed by atoms with van der Waals surface area (Å²) >= 11 is 0. The average Bonchev–Trinajstić information content (AvgIpc) is 2.77. The van der Waals surface area contributed by atoms with Gasteiger partial charge in [-0.3, -0.25) is 9.59 Å². The molecule has 0 aliphatic carbocycles. The molecule has 0 aliphatic heterocycles. The lowest BCUT2D eigenvalue weighted by atomic mass is 10.0. The van der Waals surface area contributed by atoms with Gasteiger partial charge in [0.25, 0.3) is 0 Å². The average molecular weight is 455 g/mol. The van der Waals surface area contributed by atoms with Crippen molar-refractivity contribution >= 4 is 11.9 Å². The largest absolute Gasteiger partial charge is 0.465 e. The molecule has 0 saturated carbocycles. The fourth-order valence-corrected chi connectivity index (χ4v) is 4.18. The van der Waals surface area contributed by atoms with Crippen LogP contribution in [0.25, 0.3) is 0 Å². The first-order valence-corrected chi connectivity index (χ1v) is 13.9. The van der Waals surface area contributed by atoms with E-state index in [2.05, 4.69) is 20.8 Å². The van der Waals surface area contributed by atoms with Crippen molar-refractivity contribution in [3.63, 3.8) is 0 Å². The Kier molecular flexibility index (Phi) is 22.3. The lowest BCUT2D eigenvalue weighted by Crippen LogP contribution is -2.16. The summed E-state index contributed by atoms with van der Waals surface area (Å²) in [7, 11) is 0. The first kappa shape index (κ1) is 30.9. The Morgan fingerprint density at radius 2 is 1.19 bits per heavy atom. The summed E-state index contributed by atoms with van der Waals surface area (Å²) in [5, 5.41) is 0. The predicted molar refractivity (Wildman–Crippen MR) is 135 cm³/mol. The number of unbranched alkanes of at least 4 members (excludes halogenated alkanes) is 11. The van der Waals surface area contributed by atoms with Crippen LogP contribution in [0.4, 0.5) is 0 Å². The zero-order valence-electron chi connectivity index (χ0n) is 21.9. The van der Waals surface area contributed by atoms with Crippen LogP contribution in [0.3, 0.4) is 0 Å². The smallest absolute Gasteiger partial charge is 0.305 e.